The van der Waals surface area contributed by atoms with Crippen LogP contribution in [0.2, 0.25) is 0 Å². The van der Waals surface area contributed by atoms with E-state index in [0.29, 0.717) is 0 Å². The first-order valence-electron chi connectivity index (χ1n) is 4.02. The molecule has 0 unspecified atom stereocenters. The third-order valence-corrected chi connectivity index (χ3v) is 1.84. The quantitative estimate of drug-likeness (QED) is 0.736. The van der Waals surface area contributed by atoms with E-state index in [0.717, 1.165) is 11.4 Å². The standard InChI is InChI=1S/C10H10N2O/c1-13-10-5-3-2-4-9(10)12-7-6-11-8-12/h2-7,11H,1H3. The van der Waals surface area contributed by atoms with Crippen LogP contribution in [-0.2, 0) is 0 Å². The maximum absolute atomic E-state index is 5.21. The molecular formula is C10H10N2O. The van der Waals surface area contributed by atoms with Gasteiger partial charge in [-0.15, -0.1) is 0 Å². The number of ether oxygens (including phenoxy) is 1. The molecule has 0 aromatic heterocycles. The number of nitrogens with zero attached hydrogens (tertiary/aromatic N) is 1. The lowest BCUT2D eigenvalue weighted by molar-refractivity contribution is 0.415. The van der Waals surface area contributed by atoms with Gasteiger partial charge in [-0.05, 0) is 12.1 Å². The summed E-state index contributed by atoms with van der Waals surface area (Å²) in [5, 5.41) is 2.86. The van der Waals surface area contributed by atoms with E-state index in [1.807, 2.05) is 41.6 Å². The summed E-state index contributed by atoms with van der Waals surface area (Å²) in [6.45, 7) is 2.94. The molecule has 66 valence electrons. The number of rotatable bonds is 2. The van der Waals surface area contributed by atoms with Crippen molar-refractivity contribution in [2.24, 2.45) is 0 Å². The van der Waals surface area contributed by atoms with E-state index in [9.17, 15) is 0 Å². The summed E-state index contributed by atoms with van der Waals surface area (Å²) in [7, 11) is 1.66. The predicted octanol–water partition coefficient (Wildman–Crippen LogP) is 1.57. The van der Waals surface area contributed by atoms with E-state index in [1.54, 1.807) is 7.11 Å². The van der Waals surface area contributed by atoms with Gasteiger partial charge in [-0.25, -0.2) is 0 Å². The van der Waals surface area contributed by atoms with Crippen LogP contribution in [0.1, 0.15) is 0 Å². The number of anilines is 1. The van der Waals surface area contributed by atoms with Crippen LogP contribution in [0.4, 0.5) is 5.69 Å². The summed E-state index contributed by atoms with van der Waals surface area (Å²) < 4.78 is 5.21. The number of nitrogens with one attached hydrogen (secondary N) is 1. The molecule has 0 spiro atoms. The van der Waals surface area contributed by atoms with Crippen LogP contribution >= 0.6 is 0 Å². The van der Waals surface area contributed by atoms with Crippen LogP contribution in [0, 0.1) is 6.67 Å². The zero-order chi connectivity index (χ0) is 9.10. The minimum absolute atomic E-state index is 0.836. The lowest BCUT2D eigenvalue weighted by Gasteiger charge is -2.16. The highest BCUT2D eigenvalue weighted by atomic mass is 16.5. The number of hydrogen-bond acceptors (Lipinski definition) is 3. The minimum Gasteiger partial charge on any atom is -0.495 e. The van der Waals surface area contributed by atoms with Crippen LogP contribution in [0.15, 0.2) is 36.7 Å². The summed E-state index contributed by atoms with van der Waals surface area (Å²) >= 11 is 0. The lowest BCUT2D eigenvalue weighted by atomic mass is 10.3. The highest BCUT2D eigenvalue weighted by Crippen LogP contribution is 2.29. The molecule has 1 aromatic rings. The van der Waals surface area contributed by atoms with Crippen LogP contribution < -0.4 is 15.0 Å². The zero-order valence-electron chi connectivity index (χ0n) is 7.32. The van der Waals surface area contributed by atoms with Gasteiger partial charge in [-0.3, -0.25) is 0 Å². The van der Waals surface area contributed by atoms with Gasteiger partial charge in [-0.2, -0.15) is 0 Å². The van der Waals surface area contributed by atoms with Crippen LogP contribution in [0.3, 0.4) is 0 Å². The first-order chi connectivity index (χ1) is 6.42. The van der Waals surface area contributed by atoms with Gasteiger partial charge in [-0.1, -0.05) is 12.1 Å². The molecule has 1 aromatic carbocycles. The second-order valence-corrected chi connectivity index (χ2v) is 2.61. The Bertz CT molecular complexity index is 322. The minimum atomic E-state index is 0.836. The van der Waals surface area contributed by atoms with Crippen molar-refractivity contribution < 1.29 is 4.74 Å². The van der Waals surface area contributed by atoms with E-state index in [2.05, 4.69) is 12.0 Å². The van der Waals surface area contributed by atoms with E-state index in [1.165, 1.54) is 0 Å². The number of para-hydroxylation sites is 2. The van der Waals surface area contributed by atoms with Crippen molar-refractivity contribution in [3.63, 3.8) is 0 Å². The Morgan fingerprint density at radius 1 is 1.38 bits per heavy atom. The monoisotopic (exact) mass is 174 g/mol. The third kappa shape index (κ3) is 1.45. The molecule has 0 aliphatic carbocycles. The Hall–Kier alpha value is -1.64. The summed E-state index contributed by atoms with van der Waals surface area (Å²) in [5.74, 6) is 0.836. The van der Waals surface area contributed by atoms with Crippen molar-refractivity contribution >= 4 is 5.69 Å². The summed E-state index contributed by atoms with van der Waals surface area (Å²) in [5.41, 5.74) is 0.978. The first-order valence-corrected chi connectivity index (χ1v) is 4.02. The molecule has 2 radical (unpaired) electrons. The summed E-state index contributed by atoms with van der Waals surface area (Å²) in [6.07, 6.45) is 3.70. The fourth-order valence-electron chi connectivity index (χ4n) is 1.23. The molecular weight excluding hydrogens is 164 g/mol. The highest BCUT2D eigenvalue weighted by molar-refractivity contribution is 5.62. The second kappa shape index (κ2) is 3.39. The molecule has 0 bridgehead atoms. The van der Waals surface area contributed by atoms with Gasteiger partial charge in [0.1, 0.15) is 5.75 Å². The van der Waals surface area contributed by atoms with Crippen LogP contribution in [0.25, 0.3) is 0 Å². The van der Waals surface area contributed by atoms with Crippen molar-refractivity contribution in [1.82, 2.24) is 5.32 Å². The van der Waals surface area contributed by atoms with Gasteiger partial charge in [0.2, 0.25) is 6.67 Å². The molecule has 0 atom stereocenters. The number of methoxy groups -OCH3 is 1. The average molecular weight is 174 g/mol. The Balaban J connectivity index is 2.32. The highest BCUT2D eigenvalue weighted by Gasteiger charge is 2.12. The van der Waals surface area contributed by atoms with Crippen molar-refractivity contribution in [2.75, 3.05) is 12.0 Å². The predicted molar refractivity (Wildman–Crippen MR) is 51.0 cm³/mol. The van der Waals surface area contributed by atoms with E-state index in [4.69, 9.17) is 4.74 Å². The normalized spacial score (nSPS) is 14.4. The van der Waals surface area contributed by atoms with Gasteiger partial charge in [0.25, 0.3) is 0 Å². The number of hydrogen-bond donors (Lipinski definition) is 1. The Morgan fingerprint density at radius 3 is 2.92 bits per heavy atom. The third-order valence-electron chi connectivity index (χ3n) is 1.84. The summed E-state index contributed by atoms with van der Waals surface area (Å²) in [6, 6.07) is 7.80. The number of benzene rings is 1. The molecule has 13 heavy (non-hydrogen) atoms. The Labute approximate surface area is 77.6 Å². The smallest absolute Gasteiger partial charge is 0.210 e. The van der Waals surface area contributed by atoms with Crippen molar-refractivity contribution in [3.8, 4) is 5.75 Å². The second-order valence-electron chi connectivity index (χ2n) is 2.61. The molecule has 1 aliphatic rings. The topological polar surface area (TPSA) is 24.5 Å². The summed E-state index contributed by atoms with van der Waals surface area (Å²) in [4.78, 5) is 1.85. The van der Waals surface area contributed by atoms with Gasteiger partial charge in [0.15, 0.2) is 0 Å². The molecule has 0 amide bonds. The maximum Gasteiger partial charge on any atom is 0.210 e. The van der Waals surface area contributed by atoms with Crippen molar-refractivity contribution in [1.29, 1.82) is 0 Å². The van der Waals surface area contributed by atoms with Crippen LogP contribution in [0.5, 0.6) is 5.75 Å². The maximum atomic E-state index is 5.21. The molecule has 0 saturated heterocycles. The average Bonchev–Trinajstić information content (AvgIpc) is 2.70. The molecule has 3 nitrogen and oxygen atoms in total. The fraction of sp³-hybridized carbons (Fsp3) is 0.100. The van der Waals surface area contributed by atoms with Gasteiger partial charge >= 0.3 is 0 Å². The molecule has 0 saturated carbocycles. The van der Waals surface area contributed by atoms with Crippen LogP contribution in [-0.4, -0.2) is 7.11 Å². The van der Waals surface area contributed by atoms with E-state index >= 15 is 0 Å². The largest absolute Gasteiger partial charge is 0.495 e. The van der Waals surface area contributed by atoms with Crippen molar-refractivity contribution in [3.05, 3.63) is 43.3 Å². The molecule has 1 aliphatic heterocycles. The molecule has 3 heteroatoms. The van der Waals surface area contributed by atoms with Gasteiger partial charge in [0.05, 0.1) is 12.8 Å². The van der Waals surface area contributed by atoms with E-state index < -0.39 is 0 Å². The molecule has 2 rings (SSSR count). The fourth-order valence-corrected chi connectivity index (χ4v) is 1.23. The Kier molecular flexibility index (Phi) is 2.08. The Morgan fingerprint density at radius 2 is 2.23 bits per heavy atom. The zero-order valence-corrected chi connectivity index (χ0v) is 7.32. The van der Waals surface area contributed by atoms with Crippen molar-refractivity contribution in [2.45, 2.75) is 0 Å². The molecule has 0 fully saturated rings. The lowest BCUT2D eigenvalue weighted by Crippen LogP contribution is -2.13. The van der Waals surface area contributed by atoms with Gasteiger partial charge in [0, 0.05) is 12.4 Å². The molecule has 1 heterocycles. The molecule has 1 N–H and O–H groups in total. The SMILES string of the molecule is COc1ccccc1N1[C]NC=C1. The van der Waals surface area contributed by atoms with E-state index in [-0.39, 0.29) is 0 Å². The first kappa shape index (κ1) is 7.98. The van der Waals surface area contributed by atoms with Gasteiger partial charge < -0.3 is 15.0 Å².